The van der Waals surface area contributed by atoms with Gasteiger partial charge in [0.2, 0.25) is 0 Å². The maximum atomic E-state index is 12.5. The summed E-state index contributed by atoms with van der Waals surface area (Å²) in [7, 11) is 0. The Hall–Kier alpha value is -1.35. The third-order valence-corrected chi connectivity index (χ3v) is 4.35. The van der Waals surface area contributed by atoms with Gasteiger partial charge < -0.3 is 10.0 Å². The van der Waals surface area contributed by atoms with Gasteiger partial charge in [-0.1, -0.05) is 18.2 Å². The minimum absolute atomic E-state index is 0.0326. The number of carbonyl (C=O) groups is 1. The fourth-order valence-electron chi connectivity index (χ4n) is 3.30. The van der Waals surface area contributed by atoms with Gasteiger partial charge in [-0.2, -0.15) is 0 Å². The molecule has 1 saturated heterocycles. The molecular formula is C15H19NO2. The van der Waals surface area contributed by atoms with Crippen LogP contribution >= 0.6 is 0 Å². The highest BCUT2D eigenvalue weighted by molar-refractivity contribution is 5.94. The van der Waals surface area contributed by atoms with Crippen molar-refractivity contribution in [3.63, 3.8) is 0 Å². The van der Waals surface area contributed by atoms with Crippen LogP contribution < -0.4 is 0 Å². The number of nitrogens with zero attached hydrogens (tertiary/aromatic N) is 1. The van der Waals surface area contributed by atoms with Gasteiger partial charge in [0.05, 0.1) is 12.1 Å². The summed E-state index contributed by atoms with van der Waals surface area (Å²) < 4.78 is 0. The topological polar surface area (TPSA) is 40.5 Å². The van der Waals surface area contributed by atoms with Crippen LogP contribution in [0.2, 0.25) is 0 Å². The number of rotatable bonds is 1. The van der Waals surface area contributed by atoms with Crippen molar-refractivity contribution in [2.45, 2.75) is 37.8 Å². The minimum Gasteiger partial charge on any atom is -0.391 e. The van der Waals surface area contributed by atoms with Gasteiger partial charge in [-0.15, -0.1) is 0 Å². The summed E-state index contributed by atoms with van der Waals surface area (Å²) in [6.07, 6.45) is 3.68. The summed E-state index contributed by atoms with van der Waals surface area (Å²) in [5.41, 5.74) is 0.730. The molecule has 0 unspecified atom stereocenters. The molecule has 0 radical (unpaired) electrons. The lowest BCUT2D eigenvalue weighted by Crippen LogP contribution is -2.54. The van der Waals surface area contributed by atoms with Crippen molar-refractivity contribution in [2.24, 2.45) is 5.92 Å². The number of piperidine rings is 1. The van der Waals surface area contributed by atoms with Gasteiger partial charge >= 0.3 is 0 Å². The Balaban J connectivity index is 1.81. The number of fused-ring (bicyclic) bond motifs is 2. The molecule has 1 aromatic rings. The van der Waals surface area contributed by atoms with E-state index in [0.29, 0.717) is 5.92 Å². The van der Waals surface area contributed by atoms with E-state index in [9.17, 15) is 9.90 Å². The van der Waals surface area contributed by atoms with Crippen LogP contribution in [-0.2, 0) is 0 Å². The van der Waals surface area contributed by atoms with Crippen LogP contribution in [0.15, 0.2) is 30.3 Å². The molecule has 3 atom stereocenters. The van der Waals surface area contributed by atoms with Crippen molar-refractivity contribution >= 4 is 5.91 Å². The molecule has 2 bridgehead atoms. The van der Waals surface area contributed by atoms with Crippen LogP contribution in [0.25, 0.3) is 0 Å². The largest absolute Gasteiger partial charge is 0.391 e. The fraction of sp³-hybridized carbons (Fsp3) is 0.533. The smallest absolute Gasteiger partial charge is 0.254 e. The Morgan fingerprint density at radius 2 is 1.94 bits per heavy atom. The second kappa shape index (κ2) is 4.73. The molecule has 1 aliphatic carbocycles. The number of amides is 1. The van der Waals surface area contributed by atoms with E-state index in [1.165, 1.54) is 0 Å². The highest BCUT2D eigenvalue weighted by Gasteiger charge is 2.39. The third kappa shape index (κ3) is 2.03. The molecule has 1 aromatic carbocycles. The van der Waals surface area contributed by atoms with Gasteiger partial charge in [-0.05, 0) is 43.7 Å². The van der Waals surface area contributed by atoms with E-state index in [2.05, 4.69) is 0 Å². The Labute approximate surface area is 107 Å². The molecule has 18 heavy (non-hydrogen) atoms. The van der Waals surface area contributed by atoms with Crippen molar-refractivity contribution in [3.8, 4) is 0 Å². The maximum absolute atomic E-state index is 12.5. The van der Waals surface area contributed by atoms with Crippen LogP contribution in [0, 0.1) is 5.92 Å². The zero-order chi connectivity index (χ0) is 12.5. The number of carbonyl (C=O) groups excluding carboxylic acids is 1. The third-order valence-electron chi connectivity index (χ3n) is 4.35. The zero-order valence-corrected chi connectivity index (χ0v) is 10.5. The number of aliphatic hydroxyl groups excluding tert-OH is 1. The van der Waals surface area contributed by atoms with E-state index < -0.39 is 0 Å². The summed E-state index contributed by atoms with van der Waals surface area (Å²) in [5, 5.41) is 10.1. The quantitative estimate of drug-likeness (QED) is 0.822. The Morgan fingerprint density at radius 3 is 2.72 bits per heavy atom. The predicted octanol–water partition coefficient (Wildman–Crippen LogP) is 2.06. The molecule has 1 aliphatic heterocycles. The van der Waals surface area contributed by atoms with Gasteiger partial charge in [0.25, 0.3) is 5.91 Å². The second-order valence-electron chi connectivity index (χ2n) is 5.47. The van der Waals surface area contributed by atoms with Gasteiger partial charge in [0, 0.05) is 12.1 Å². The number of hydrogen-bond acceptors (Lipinski definition) is 2. The van der Waals surface area contributed by atoms with Crippen LogP contribution in [0.1, 0.15) is 36.0 Å². The first-order valence-electron chi connectivity index (χ1n) is 6.80. The van der Waals surface area contributed by atoms with E-state index in [-0.39, 0.29) is 18.1 Å². The number of benzene rings is 1. The molecule has 1 N–H and O–H groups in total. The minimum atomic E-state index is -0.339. The van der Waals surface area contributed by atoms with Crippen LogP contribution in [0.4, 0.5) is 0 Å². The molecule has 3 heteroatoms. The van der Waals surface area contributed by atoms with E-state index in [1.54, 1.807) is 0 Å². The normalized spacial score (nSPS) is 31.2. The van der Waals surface area contributed by atoms with Crippen molar-refractivity contribution in [2.75, 3.05) is 6.54 Å². The van der Waals surface area contributed by atoms with E-state index in [4.69, 9.17) is 0 Å². The van der Waals surface area contributed by atoms with Crippen molar-refractivity contribution < 1.29 is 9.90 Å². The standard InChI is InChI=1S/C15H19NO2/c17-14-7-6-11-8-9-16(13(14)10-11)15(18)12-4-2-1-3-5-12/h1-5,11,13-14,17H,6-10H2/t11-,13+,14+/m0/s1. The summed E-state index contributed by atoms with van der Waals surface area (Å²) in [4.78, 5) is 14.3. The van der Waals surface area contributed by atoms with Gasteiger partial charge in [0.15, 0.2) is 0 Å². The fourth-order valence-corrected chi connectivity index (χ4v) is 3.30. The zero-order valence-electron chi connectivity index (χ0n) is 10.5. The lowest BCUT2D eigenvalue weighted by molar-refractivity contribution is -0.0184. The molecule has 0 aromatic heterocycles. The van der Waals surface area contributed by atoms with Crippen LogP contribution in [0.5, 0.6) is 0 Å². The molecular weight excluding hydrogens is 226 g/mol. The first kappa shape index (κ1) is 11.7. The van der Waals surface area contributed by atoms with Gasteiger partial charge in [-0.3, -0.25) is 4.79 Å². The van der Waals surface area contributed by atoms with Crippen molar-refractivity contribution in [1.29, 1.82) is 0 Å². The highest BCUT2D eigenvalue weighted by Crippen LogP contribution is 2.35. The lowest BCUT2D eigenvalue weighted by atomic mass is 9.78. The van der Waals surface area contributed by atoms with Crippen molar-refractivity contribution in [3.05, 3.63) is 35.9 Å². The summed E-state index contributed by atoms with van der Waals surface area (Å²) in [6, 6.07) is 9.42. The monoisotopic (exact) mass is 245 g/mol. The highest BCUT2D eigenvalue weighted by atomic mass is 16.3. The Kier molecular flexibility index (Phi) is 3.08. The van der Waals surface area contributed by atoms with Gasteiger partial charge in [-0.25, -0.2) is 0 Å². The number of likely N-dealkylation sites (tertiary alicyclic amines) is 1. The molecule has 1 saturated carbocycles. The van der Waals surface area contributed by atoms with E-state index >= 15 is 0 Å². The second-order valence-corrected chi connectivity index (χ2v) is 5.47. The van der Waals surface area contributed by atoms with Crippen molar-refractivity contribution in [1.82, 2.24) is 4.90 Å². The number of aliphatic hydroxyl groups is 1. The molecule has 1 amide bonds. The molecule has 2 aliphatic rings. The van der Waals surface area contributed by atoms with Crippen LogP contribution in [-0.4, -0.2) is 34.6 Å². The van der Waals surface area contributed by atoms with E-state index in [1.807, 2.05) is 35.2 Å². The number of hydrogen-bond donors (Lipinski definition) is 1. The average molecular weight is 245 g/mol. The lowest BCUT2D eigenvalue weighted by Gasteiger charge is -2.45. The van der Waals surface area contributed by atoms with Crippen LogP contribution in [0.3, 0.4) is 0 Å². The summed E-state index contributed by atoms with van der Waals surface area (Å²) >= 11 is 0. The molecule has 2 fully saturated rings. The Morgan fingerprint density at radius 1 is 1.17 bits per heavy atom. The first-order valence-corrected chi connectivity index (χ1v) is 6.80. The molecule has 3 nitrogen and oxygen atoms in total. The summed E-state index contributed by atoms with van der Waals surface area (Å²) in [6.45, 7) is 0.792. The predicted molar refractivity (Wildman–Crippen MR) is 69.2 cm³/mol. The van der Waals surface area contributed by atoms with Gasteiger partial charge in [0.1, 0.15) is 0 Å². The maximum Gasteiger partial charge on any atom is 0.254 e. The molecule has 0 spiro atoms. The molecule has 3 rings (SSSR count). The average Bonchev–Trinajstić information content (AvgIpc) is 2.44. The summed E-state index contributed by atoms with van der Waals surface area (Å²) in [5.74, 6) is 0.776. The first-order chi connectivity index (χ1) is 8.75. The van der Waals surface area contributed by atoms with E-state index in [0.717, 1.165) is 37.8 Å². The SMILES string of the molecule is O=C(c1ccccc1)N1CC[C@@H]2CC[C@@H](O)[C@H]1C2. The molecule has 96 valence electrons. The Bertz CT molecular complexity index is 431. The molecule has 1 heterocycles.